The lowest BCUT2D eigenvalue weighted by Gasteiger charge is -2.32. The van der Waals surface area contributed by atoms with Gasteiger partial charge in [0.05, 0.1) is 12.3 Å². The minimum absolute atomic E-state index is 0.0913. The fourth-order valence-electron chi connectivity index (χ4n) is 3.55. The molecule has 0 saturated carbocycles. The van der Waals surface area contributed by atoms with Gasteiger partial charge in [0.1, 0.15) is 0 Å². The van der Waals surface area contributed by atoms with Gasteiger partial charge in [-0.3, -0.25) is 5.10 Å². The van der Waals surface area contributed by atoms with E-state index in [-0.39, 0.29) is 11.5 Å². The summed E-state index contributed by atoms with van der Waals surface area (Å²) in [7, 11) is 0. The van der Waals surface area contributed by atoms with Crippen molar-refractivity contribution in [2.24, 2.45) is 5.92 Å². The Balaban J connectivity index is 1.60. The lowest BCUT2D eigenvalue weighted by molar-refractivity contribution is -0.0278. The summed E-state index contributed by atoms with van der Waals surface area (Å²) in [6, 6.07) is 10.6. The zero-order valence-corrected chi connectivity index (χ0v) is 15.0. The Morgan fingerprint density at radius 3 is 2.79 bits per heavy atom. The minimum Gasteiger partial charge on any atom is -0.373 e. The Morgan fingerprint density at radius 2 is 2.04 bits per heavy atom. The van der Waals surface area contributed by atoms with Gasteiger partial charge in [-0.25, -0.2) is 0 Å². The van der Waals surface area contributed by atoms with E-state index in [1.54, 1.807) is 0 Å². The van der Waals surface area contributed by atoms with Crippen molar-refractivity contribution in [2.75, 3.05) is 13.2 Å². The van der Waals surface area contributed by atoms with Crippen LogP contribution in [-0.2, 0) is 16.7 Å². The summed E-state index contributed by atoms with van der Waals surface area (Å²) in [5, 5.41) is 11.0. The maximum Gasteiger partial charge on any atom is 0.0865 e. The zero-order valence-electron chi connectivity index (χ0n) is 15.0. The molecule has 2 aromatic rings. The largest absolute Gasteiger partial charge is 0.373 e. The van der Waals surface area contributed by atoms with E-state index in [0.717, 1.165) is 26.1 Å². The first kappa shape index (κ1) is 17.2. The molecule has 1 fully saturated rings. The normalized spacial score (nSPS) is 21.8. The molecule has 1 saturated heterocycles. The molecule has 0 radical (unpaired) electrons. The molecule has 130 valence electrons. The van der Waals surface area contributed by atoms with Gasteiger partial charge in [-0.15, -0.1) is 0 Å². The van der Waals surface area contributed by atoms with Crippen LogP contribution in [0.1, 0.15) is 56.5 Å². The van der Waals surface area contributed by atoms with Crippen LogP contribution in [0.4, 0.5) is 0 Å². The third-order valence-corrected chi connectivity index (χ3v) is 4.76. The van der Waals surface area contributed by atoms with Crippen LogP contribution in [0.15, 0.2) is 36.5 Å². The number of hydrogen-bond donors (Lipinski definition) is 2. The second-order valence-electron chi connectivity index (χ2n) is 7.76. The Morgan fingerprint density at radius 1 is 1.25 bits per heavy atom. The van der Waals surface area contributed by atoms with Gasteiger partial charge in [0.25, 0.3) is 0 Å². The van der Waals surface area contributed by atoms with Crippen LogP contribution in [0.3, 0.4) is 0 Å². The van der Waals surface area contributed by atoms with Gasteiger partial charge in [-0.05, 0) is 18.4 Å². The van der Waals surface area contributed by atoms with Crippen molar-refractivity contribution in [3.05, 3.63) is 53.3 Å². The van der Waals surface area contributed by atoms with Crippen molar-refractivity contribution in [1.82, 2.24) is 15.5 Å². The lowest BCUT2D eigenvalue weighted by atomic mass is 9.88. The van der Waals surface area contributed by atoms with E-state index >= 15 is 0 Å². The summed E-state index contributed by atoms with van der Waals surface area (Å²) in [6.07, 6.45) is 4.51. The maximum atomic E-state index is 6.08. The standard InChI is InChI=1S/C20H29N3O/c1-20(2,3)19-17(14-22-23-19)13-21-12-16-10-7-11-24-18(16)15-8-5-4-6-9-15/h4-6,8-9,14,16,18,21H,7,10-13H2,1-3H3,(H,22,23)/t16-,18-/m0/s1. The highest BCUT2D eigenvalue weighted by molar-refractivity contribution is 5.23. The third-order valence-electron chi connectivity index (χ3n) is 4.76. The summed E-state index contributed by atoms with van der Waals surface area (Å²) in [4.78, 5) is 0. The molecule has 0 spiro atoms. The molecule has 1 aromatic heterocycles. The van der Waals surface area contributed by atoms with Gasteiger partial charge in [-0.1, -0.05) is 51.1 Å². The minimum atomic E-state index is 0.0913. The Bertz CT molecular complexity index is 630. The SMILES string of the molecule is CC(C)(C)c1[nH]ncc1CNC[C@@H]1CCCO[C@H]1c1ccccc1. The van der Waals surface area contributed by atoms with Gasteiger partial charge in [0.15, 0.2) is 0 Å². The molecular formula is C20H29N3O. The van der Waals surface area contributed by atoms with Gasteiger partial charge in [0.2, 0.25) is 0 Å². The third kappa shape index (κ3) is 4.05. The van der Waals surface area contributed by atoms with Crippen LogP contribution < -0.4 is 5.32 Å². The molecule has 0 amide bonds. The van der Waals surface area contributed by atoms with Gasteiger partial charge >= 0.3 is 0 Å². The molecule has 1 aromatic carbocycles. The molecule has 4 nitrogen and oxygen atoms in total. The summed E-state index contributed by atoms with van der Waals surface area (Å²) in [5.41, 5.74) is 3.86. The number of ether oxygens (including phenoxy) is 1. The topological polar surface area (TPSA) is 49.9 Å². The van der Waals surface area contributed by atoms with Crippen LogP contribution in [-0.4, -0.2) is 23.3 Å². The number of H-pyrrole nitrogens is 1. The average molecular weight is 327 g/mol. The van der Waals surface area contributed by atoms with Crippen molar-refractivity contribution in [1.29, 1.82) is 0 Å². The Labute approximate surface area is 145 Å². The predicted octanol–water partition coefficient (Wildman–Crippen LogP) is 3.96. The first-order valence-electron chi connectivity index (χ1n) is 8.95. The highest BCUT2D eigenvalue weighted by Gasteiger charge is 2.27. The van der Waals surface area contributed by atoms with Gasteiger partial charge < -0.3 is 10.1 Å². The van der Waals surface area contributed by atoms with Crippen molar-refractivity contribution in [3.63, 3.8) is 0 Å². The average Bonchev–Trinajstić information content (AvgIpc) is 3.05. The Kier molecular flexibility index (Phi) is 5.36. The highest BCUT2D eigenvalue weighted by atomic mass is 16.5. The fraction of sp³-hybridized carbons (Fsp3) is 0.550. The zero-order chi connectivity index (χ0) is 17.0. The van der Waals surface area contributed by atoms with Crippen molar-refractivity contribution in [3.8, 4) is 0 Å². The number of hydrogen-bond acceptors (Lipinski definition) is 3. The second-order valence-corrected chi connectivity index (χ2v) is 7.76. The first-order chi connectivity index (χ1) is 11.6. The van der Waals surface area contributed by atoms with Crippen LogP contribution >= 0.6 is 0 Å². The fourth-order valence-corrected chi connectivity index (χ4v) is 3.55. The molecule has 1 aliphatic heterocycles. The van der Waals surface area contributed by atoms with E-state index in [9.17, 15) is 0 Å². The number of aromatic nitrogens is 2. The second kappa shape index (κ2) is 7.49. The Hall–Kier alpha value is -1.65. The van der Waals surface area contributed by atoms with Crippen molar-refractivity contribution >= 4 is 0 Å². The number of benzene rings is 1. The summed E-state index contributed by atoms with van der Waals surface area (Å²) >= 11 is 0. The number of rotatable bonds is 5. The van der Waals surface area contributed by atoms with Crippen molar-refractivity contribution < 1.29 is 4.74 Å². The molecule has 1 aliphatic rings. The molecule has 0 aliphatic carbocycles. The summed E-state index contributed by atoms with van der Waals surface area (Å²) in [6.45, 7) is 9.32. The van der Waals surface area contributed by atoms with Crippen LogP contribution in [0.25, 0.3) is 0 Å². The molecule has 0 unspecified atom stereocenters. The van der Waals surface area contributed by atoms with E-state index in [0.29, 0.717) is 5.92 Å². The van der Waals surface area contributed by atoms with E-state index in [1.165, 1.54) is 23.2 Å². The van der Waals surface area contributed by atoms with E-state index in [4.69, 9.17) is 4.74 Å². The van der Waals surface area contributed by atoms with E-state index in [1.807, 2.05) is 6.20 Å². The molecule has 2 N–H and O–H groups in total. The maximum absolute atomic E-state index is 6.08. The number of nitrogens with one attached hydrogen (secondary N) is 2. The quantitative estimate of drug-likeness (QED) is 0.874. The van der Waals surface area contributed by atoms with Crippen LogP contribution in [0.5, 0.6) is 0 Å². The monoisotopic (exact) mass is 327 g/mol. The van der Waals surface area contributed by atoms with Crippen LogP contribution in [0, 0.1) is 5.92 Å². The molecular weight excluding hydrogens is 298 g/mol. The van der Waals surface area contributed by atoms with Crippen LogP contribution in [0.2, 0.25) is 0 Å². The molecule has 3 rings (SSSR count). The lowest BCUT2D eigenvalue weighted by Crippen LogP contribution is -2.32. The summed E-state index contributed by atoms with van der Waals surface area (Å²) in [5.74, 6) is 0.520. The van der Waals surface area contributed by atoms with Crippen molar-refractivity contribution in [2.45, 2.75) is 51.7 Å². The van der Waals surface area contributed by atoms with Gasteiger partial charge in [-0.2, -0.15) is 5.10 Å². The molecule has 0 bridgehead atoms. The summed E-state index contributed by atoms with van der Waals surface area (Å²) < 4.78 is 6.08. The first-order valence-corrected chi connectivity index (χ1v) is 8.95. The van der Waals surface area contributed by atoms with E-state index < -0.39 is 0 Å². The van der Waals surface area contributed by atoms with Gasteiger partial charge in [0, 0.05) is 42.3 Å². The molecule has 4 heteroatoms. The number of nitrogens with zero attached hydrogens (tertiary/aromatic N) is 1. The number of aromatic amines is 1. The molecule has 24 heavy (non-hydrogen) atoms. The van der Waals surface area contributed by atoms with E-state index in [2.05, 4.69) is 66.6 Å². The molecule has 2 heterocycles. The highest BCUT2D eigenvalue weighted by Crippen LogP contribution is 2.33. The predicted molar refractivity (Wildman–Crippen MR) is 96.9 cm³/mol. The smallest absolute Gasteiger partial charge is 0.0865 e. The molecule has 2 atom stereocenters.